The predicted molar refractivity (Wildman–Crippen MR) is 128 cm³/mol. The summed E-state index contributed by atoms with van der Waals surface area (Å²) < 4.78 is 101. The molecule has 4 rings (SSSR count). The van der Waals surface area contributed by atoms with E-state index in [0.717, 1.165) is 17.0 Å². The largest absolute Gasteiger partial charge is 0.416 e. The molecule has 214 valence electrons. The molecule has 2 heterocycles. The molecule has 6 atom stereocenters. The monoisotopic (exact) mass is 562 g/mol. The van der Waals surface area contributed by atoms with Gasteiger partial charge in [-0.1, -0.05) is 50.2 Å². The van der Waals surface area contributed by atoms with Crippen LogP contribution in [-0.4, -0.2) is 65.7 Å². The van der Waals surface area contributed by atoms with Crippen molar-refractivity contribution in [2.75, 3.05) is 13.2 Å². The van der Waals surface area contributed by atoms with Crippen molar-refractivity contribution in [3.05, 3.63) is 59.7 Å². The number of aliphatic hydroxyl groups excluding tert-OH is 1. The Morgan fingerprint density at radius 2 is 1.59 bits per heavy atom. The summed E-state index contributed by atoms with van der Waals surface area (Å²) >= 11 is 0. The molecule has 0 aromatic heterocycles. The highest BCUT2D eigenvalue weighted by atomic mass is 19.4. The summed E-state index contributed by atoms with van der Waals surface area (Å²) in [4.78, 5) is 14.5. The van der Waals surface area contributed by atoms with Gasteiger partial charge in [-0.2, -0.15) is 26.3 Å². The number of nitrogens with one attached hydrogen (secondary N) is 1. The van der Waals surface area contributed by atoms with Gasteiger partial charge >= 0.3 is 12.4 Å². The van der Waals surface area contributed by atoms with E-state index < -0.39 is 60.3 Å². The average molecular weight is 563 g/mol. The molecule has 0 saturated carbocycles. The van der Waals surface area contributed by atoms with Crippen molar-refractivity contribution in [3.8, 4) is 11.1 Å². The highest BCUT2D eigenvalue weighted by molar-refractivity contribution is 5.83. The van der Waals surface area contributed by atoms with E-state index >= 15 is 0 Å². The zero-order chi connectivity index (χ0) is 28.7. The molecule has 5 nitrogen and oxygen atoms in total. The summed E-state index contributed by atoms with van der Waals surface area (Å²) in [5, 5.41) is 12.6. The van der Waals surface area contributed by atoms with Crippen LogP contribution in [-0.2, 0) is 15.7 Å². The number of hydrogen-bond donors (Lipinski definition) is 2. The van der Waals surface area contributed by atoms with Crippen LogP contribution in [0.5, 0.6) is 0 Å². The van der Waals surface area contributed by atoms with E-state index in [0.29, 0.717) is 11.1 Å². The van der Waals surface area contributed by atoms with Gasteiger partial charge in [0.05, 0.1) is 30.8 Å². The van der Waals surface area contributed by atoms with Gasteiger partial charge in [0.2, 0.25) is 5.91 Å². The van der Waals surface area contributed by atoms with Crippen molar-refractivity contribution in [3.63, 3.8) is 0 Å². The molecule has 39 heavy (non-hydrogen) atoms. The molecule has 2 N–H and O–H groups in total. The van der Waals surface area contributed by atoms with Crippen molar-refractivity contribution < 1.29 is 45.4 Å². The van der Waals surface area contributed by atoms with Crippen LogP contribution in [0.25, 0.3) is 11.1 Å². The summed E-state index contributed by atoms with van der Waals surface area (Å²) in [7, 11) is 0. The third kappa shape index (κ3) is 6.38. The van der Waals surface area contributed by atoms with Crippen LogP contribution in [0.15, 0.2) is 48.5 Å². The summed E-state index contributed by atoms with van der Waals surface area (Å²) in [6, 6.07) is 4.82. The van der Waals surface area contributed by atoms with E-state index in [9.17, 15) is 40.6 Å². The number of ether oxygens (including phenoxy) is 1. The number of amides is 1. The van der Waals surface area contributed by atoms with E-state index in [1.807, 2.05) is 0 Å². The quantitative estimate of drug-likeness (QED) is 0.451. The molecule has 0 unspecified atom stereocenters. The summed E-state index contributed by atoms with van der Waals surface area (Å²) in [5.41, 5.74) is -0.243. The topological polar surface area (TPSA) is 61.8 Å². The van der Waals surface area contributed by atoms with Gasteiger partial charge in [0, 0.05) is 0 Å². The second-order valence-electron chi connectivity index (χ2n) is 10.4. The second-order valence-corrected chi connectivity index (χ2v) is 10.4. The molecule has 2 aliphatic rings. The molecule has 2 aromatic rings. The van der Waals surface area contributed by atoms with Crippen LogP contribution in [0.3, 0.4) is 0 Å². The van der Waals surface area contributed by atoms with Crippen LogP contribution >= 0.6 is 0 Å². The van der Waals surface area contributed by atoms with Gasteiger partial charge in [0.1, 0.15) is 24.4 Å². The van der Waals surface area contributed by atoms with Crippen molar-refractivity contribution in [1.82, 2.24) is 10.2 Å². The Morgan fingerprint density at radius 1 is 1.03 bits per heavy atom. The second kappa shape index (κ2) is 11.1. The lowest BCUT2D eigenvalue weighted by atomic mass is 9.97. The molecule has 2 aromatic carbocycles. The number of carbonyl (C=O) groups is 1. The number of likely N-dealkylation sites (tertiary alicyclic amines) is 1. The zero-order valence-electron chi connectivity index (χ0n) is 21.1. The van der Waals surface area contributed by atoms with Gasteiger partial charge < -0.3 is 14.7 Å². The maximum atomic E-state index is 14.5. The van der Waals surface area contributed by atoms with Crippen molar-refractivity contribution >= 4 is 5.91 Å². The number of carbonyl (C=O) groups excluding carboxylic acids is 1. The first-order valence-electron chi connectivity index (χ1n) is 12.5. The standard InChI is InChI=1S/C27H29F7N2O3/c1-14(2)11-20(25(38)36-12-19(28)23-22(36)21(37)13-39-23)35-24(27(32,33)34)17-5-3-15(4-6-17)16-7-9-18(10-8-16)26(29,30)31/h3-10,14,19-24,35,37H,11-13H2,1-2H3/t19-,20-,21-,22+,23+,24-/m0/s1. The van der Waals surface area contributed by atoms with Crippen molar-refractivity contribution in [1.29, 1.82) is 0 Å². The molecule has 0 bridgehead atoms. The van der Waals surface area contributed by atoms with E-state index in [-0.39, 0.29) is 31.1 Å². The van der Waals surface area contributed by atoms with E-state index in [1.54, 1.807) is 13.8 Å². The zero-order valence-corrected chi connectivity index (χ0v) is 21.1. The number of benzene rings is 2. The third-order valence-corrected chi connectivity index (χ3v) is 7.05. The number of aliphatic hydroxyl groups is 1. The fraction of sp³-hybridized carbons (Fsp3) is 0.519. The fourth-order valence-corrected chi connectivity index (χ4v) is 5.19. The average Bonchev–Trinajstić information content (AvgIpc) is 3.40. The summed E-state index contributed by atoms with van der Waals surface area (Å²) in [6.45, 7) is 2.92. The molecule has 2 aliphatic heterocycles. The highest BCUT2D eigenvalue weighted by Crippen LogP contribution is 2.37. The molecule has 0 aliphatic carbocycles. The lowest BCUT2D eigenvalue weighted by Crippen LogP contribution is -2.54. The lowest BCUT2D eigenvalue weighted by Gasteiger charge is -2.33. The van der Waals surface area contributed by atoms with Crippen molar-refractivity contribution in [2.24, 2.45) is 5.92 Å². The van der Waals surface area contributed by atoms with Crippen LogP contribution in [0.1, 0.15) is 37.4 Å². The van der Waals surface area contributed by atoms with E-state index in [4.69, 9.17) is 4.74 Å². The van der Waals surface area contributed by atoms with Gasteiger partial charge in [0.25, 0.3) is 0 Å². The van der Waals surface area contributed by atoms with Gasteiger partial charge in [-0.05, 0) is 41.2 Å². The van der Waals surface area contributed by atoms with Crippen LogP contribution in [0, 0.1) is 5.92 Å². The number of fused-ring (bicyclic) bond motifs is 1. The van der Waals surface area contributed by atoms with Gasteiger partial charge in [-0.3, -0.25) is 10.1 Å². The summed E-state index contributed by atoms with van der Waals surface area (Å²) in [5.74, 6) is -0.939. The van der Waals surface area contributed by atoms with Gasteiger partial charge in [-0.25, -0.2) is 4.39 Å². The number of halogens is 7. The molecule has 2 saturated heterocycles. The maximum Gasteiger partial charge on any atom is 0.416 e. The molecule has 0 spiro atoms. The fourth-order valence-electron chi connectivity index (χ4n) is 5.19. The number of hydrogen-bond acceptors (Lipinski definition) is 4. The Kier molecular flexibility index (Phi) is 8.30. The minimum atomic E-state index is -4.81. The maximum absolute atomic E-state index is 14.5. The minimum Gasteiger partial charge on any atom is -0.388 e. The highest BCUT2D eigenvalue weighted by Gasteiger charge is 2.54. The van der Waals surface area contributed by atoms with Gasteiger partial charge in [-0.15, -0.1) is 0 Å². The predicted octanol–water partition coefficient (Wildman–Crippen LogP) is 5.29. The lowest BCUT2D eigenvalue weighted by molar-refractivity contribution is -0.163. The Morgan fingerprint density at radius 3 is 2.10 bits per heavy atom. The number of rotatable bonds is 7. The smallest absolute Gasteiger partial charge is 0.388 e. The summed E-state index contributed by atoms with van der Waals surface area (Å²) in [6.07, 6.45) is -13.0. The molecular formula is C27H29F7N2O3. The molecule has 2 fully saturated rings. The third-order valence-electron chi connectivity index (χ3n) is 7.05. The number of alkyl halides is 7. The molecule has 0 radical (unpaired) electrons. The van der Waals surface area contributed by atoms with Crippen LogP contribution < -0.4 is 5.32 Å². The molecular weight excluding hydrogens is 533 g/mol. The molecule has 12 heteroatoms. The minimum absolute atomic E-state index is 0.0246. The van der Waals surface area contributed by atoms with E-state index in [1.165, 1.54) is 36.4 Å². The van der Waals surface area contributed by atoms with Gasteiger partial charge in [0.15, 0.2) is 0 Å². The first-order chi connectivity index (χ1) is 18.2. The van der Waals surface area contributed by atoms with Crippen molar-refractivity contribution in [2.45, 2.75) is 69.1 Å². The van der Waals surface area contributed by atoms with Crippen LogP contribution in [0.2, 0.25) is 0 Å². The van der Waals surface area contributed by atoms with E-state index in [2.05, 4.69) is 5.32 Å². The van der Waals surface area contributed by atoms with Crippen LogP contribution in [0.4, 0.5) is 30.7 Å². The SMILES string of the molecule is CC(C)C[C@H](N[C@@H](c1ccc(-c2ccc(C(F)(F)F)cc2)cc1)C(F)(F)F)C(=O)N1C[C@H](F)[C@H]2OC[C@H](O)[C@H]21. The first-order valence-corrected chi connectivity index (χ1v) is 12.5. The molecule has 1 amide bonds. The normalized spacial score (nSPS) is 25.2. The Balaban J connectivity index is 1.57. The Hall–Kier alpha value is -2.70. The number of nitrogens with zero attached hydrogens (tertiary/aromatic N) is 1. The first kappa shape index (κ1) is 29.3. The Labute approximate surface area is 220 Å². The Bertz CT molecular complexity index is 1140.